The highest BCUT2D eigenvalue weighted by molar-refractivity contribution is 7.98. The van der Waals surface area contributed by atoms with Gasteiger partial charge in [0.15, 0.2) is 5.16 Å². The first-order chi connectivity index (χ1) is 11.2. The van der Waals surface area contributed by atoms with E-state index in [9.17, 15) is 4.79 Å². The van der Waals surface area contributed by atoms with Crippen molar-refractivity contribution in [1.82, 2.24) is 15.0 Å². The minimum Gasteiger partial charge on any atom is -0.333 e. The Kier molecular flexibility index (Phi) is 4.64. The molecule has 0 radical (unpaired) electrons. The smallest absolute Gasteiger partial charge is 0.277 e. The maximum absolute atomic E-state index is 11.9. The SMILES string of the molecule is CON(C)C(=O)c1ccc(CSc2nc3ccccc3[nH]2)cc1. The molecule has 0 unspecified atom stereocenters. The summed E-state index contributed by atoms with van der Waals surface area (Å²) in [6.45, 7) is 0. The number of aromatic amines is 1. The molecule has 0 atom stereocenters. The van der Waals surface area contributed by atoms with Crippen molar-refractivity contribution in [3.8, 4) is 0 Å². The lowest BCUT2D eigenvalue weighted by Gasteiger charge is -2.13. The Morgan fingerprint density at radius 2 is 1.96 bits per heavy atom. The van der Waals surface area contributed by atoms with Crippen LogP contribution in [0.3, 0.4) is 0 Å². The van der Waals surface area contributed by atoms with Crippen molar-refractivity contribution >= 4 is 28.7 Å². The topological polar surface area (TPSA) is 58.2 Å². The molecule has 0 bridgehead atoms. The number of H-pyrrole nitrogens is 1. The Labute approximate surface area is 138 Å². The molecule has 0 aliphatic rings. The second kappa shape index (κ2) is 6.85. The third-order valence-corrected chi connectivity index (χ3v) is 4.45. The van der Waals surface area contributed by atoms with Gasteiger partial charge < -0.3 is 4.98 Å². The molecular formula is C17H17N3O2S. The fraction of sp³-hybridized carbons (Fsp3) is 0.176. The Morgan fingerprint density at radius 3 is 2.65 bits per heavy atom. The number of aromatic nitrogens is 2. The van der Waals surface area contributed by atoms with Crippen molar-refractivity contribution in [3.05, 3.63) is 59.7 Å². The van der Waals surface area contributed by atoms with Gasteiger partial charge in [-0.15, -0.1) is 0 Å². The molecule has 1 heterocycles. The third kappa shape index (κ3) is 3.55. The van der Waals surface area contributed by atoms with Crippen LogP contribution in [0.2, 0.25) is 0 Å². The van der Waals surface area contributed by atoms with Gasteiger partial charge in [0.1, 0.15) is 0 Å². The Morgan fingerprint density at radius 1 is 1.22 bits per heavy atom. The Bertz CT molecular complexity index is 781. The highest BCUT2D eigenvalue weighted by Gasteiger charge is 2.11. The summed E-state index contributed by atoms with van der Waals surface area (Å²) >= 11 is 1.64. The van der Waals surface area contributed by atoms with Crippen molar-refractivity contribution in [2.45, 2.75) is 10.9 Å². The van der Waals surface area contributed by atoms with E-state index in [-0.39, 0.29) is 5.91 Å². The van der Waals surface area contributed by atoms with E-state index in [0.717, 1.165) is 27.5 Å². The molecule has 1 N–H and O–H groups in total. The van der Waals surface area contributed by atoms with Crippen LogP contribution in [0.4, 0.5) is 0 Å². The van der Waals surface area contributed by atoms with Gasteiger partial charge in [0.25, 0.3) is 5.91 Å². The van der Waals surface area contributed by atoms with E-state index in [1.807, 2.05) is 48.5 Å². The lowest BCUT2D eigenvalue weighted by atomic mass is 10.1. The first kappa shape index (κ1) is 15.6. The summed E-state index contributed by atoms with van der Waals surface area (Å²) in [6.07, 6.45) is 0. The minimum atomic E-state index is -0.163. The highest BCUT2D eigenvalue weighted by Crippen LogP contribution is 2.23. The van der Waals surface area contributed by atoms with Crippen LogP contribution >= 0.6 is 11.8 Å². The van der Waals surface area contributed by atoms with Gasteiger partial charge in [-0.2, -0.15) is 0 Å². The number of hydroxylamine groups is 2. The molecule has 6 heteroatoms. The molecule has 0 fully saturated rings. The number of fused-ring (bicyclic) bond motifs is 1. The van der Waals surface area contributed by atoms with Crippen LogP contribution in [0.5, 0.6) is 0 Å². The molecule has 5 nitrogen and oxygen atoms in total. The van der Waals surface area contributed by atoms with E-state index in [1.54, 1.807) is 18.8 Å². The fourth-order valence-corrected chi connectivity index (χ4v) is 3.00. The predicted octanol–water partition coefficient (Wildman–Crippen LogP) is 3.49. The van der Waals surface area contributed by atoms with Crippen LogP contribution in [0, 0.1) is 0 Å². The number of thioether (sulfide) groups is 1. The van der Waals surface area contributed by atoms with Crippen LogP contribution in [-0.4, -0.2) is 35.1 Å². The molecule has 2 aromatic carbocycles. The zero-order valence-electron chi connectivity index (χ0n) is 12.9. The zero-order valence-corrected chi connectivity index (χ0v) is 13.8. The minimum absolute atomic E-state index is 0.163. The molecule has 1 amide bonds. The Balaban J connectivity index is 1.65. The van der Waals surface area contributed by atoms with Gasteiger partial charge in [-0.3, -0.25) is 9.63 Å². The maximum Gasteiger partial charge on any atom is 0.277 e. The molecule has 3 aromatic rings. The first-order valence-electron chi connectivity index (χ1n) is 7.16. The van der Waals surface area contributed by atoms with Gasteiger partial charge in [-0.1, -0.05) is 36.0 Å². The molecule has 23 heavy (non-hydrogen) atoms. The number of rotatable bonds is 5. The number of nitrogens with one attached hydrogen (secondary N) is 1. The number of nitrogens with zero attached hydrogens (tertiary/aromatic N) is 2. The summed E-state index contributed by atoms with van der Waals surface area (Å²) in [7, 11) is 3.06. The van der Waals surface area contributed by atoms with Crippen molar-refractivity contribution in [2.75, 3.05) is 14.2 Å². The molecule has 1 aromatic heterocycles. The molecule has 3 rings (SSSR count). The van der Waals surface area contributed by atoms with Gasteiger partial charge >= 0.3 is 0 Å². The van der Waals surface area contributed by atoms with Crippen molar-refractivity contribution in [2.24, 2.45) is 0 Å². The van der Waals surface area contributed by atoms with Crippen LogP contribution < -0.4 is 0 Å². The van der Waals surface area contributed by atoms with Gasteiger partial charge in [0, 0.05) is 18.4 Å². The second-order valence-electron chi connectivity index (χ2n) is 5.03. The molecule has 0 saturated carbocycles. The zero-order chi connectivity index (χ0) is 16.2. The van der Waals surface area contributed by atoms with E-state index >= 15 is 0 Å². The van der Waals surface area contributed by atoms with E-state index in [1.165, 1.54) is 12.2 Å². The number of hydrogen-bond acceptors (Lipinski definition) is 4. The van der Waals surface area contributed by atoms with Gasteiger partial charge in [0.2, 0.25) is 0 Å². The lowest BCUT2D eigenvalue weighted by Crippen LogP contribution is -2.25. The van der Waals surface area contributed by atoms with Crippen molar-refractivity contribution in [1.29, 1.82) is 0 Å². The monoisotopic (exact) mass is 327 g/mol. The number of benzene rings is 2. The van der Waals surface area contributed by atoms with Crippen molar-refractivity contribution in [3.63, 3.8) is 0 Å². The molecule has 0 spiro atoms. The number of amides is 1. The molecular weight excluding hydrogens is 310 g/mol. The van der Waals surface area contributed by atoms with E-state index < -0.39 is 0 Å². The number of hydrogen-bond donors (Lipinski definition) is 1. The average Bonchev–Trinajstić information content (AvgIpc) is 3.02. The number of carbonyl (C=O) groups excluding carboxylic acids is 1. The van der Waals surface area contributed by atoms with E-state index in [4.69, 9.17) is 4.84 Å². The summed E-state index contributed by atoms with van der Waals surface area (Å²) in [4.78, 5) is 24.7. The molecule has 0 aliphatic heterocycles. The number of imidazole rings is 1. The summed E-state index contributed by atoms with van der Waals surface area (Å²) < 4.78 is 0. The second-order valence-corrected chi connectivity index (χ2v) is 5.99. The quantitative estimate of drug-likeness (QED) is 0.576. The highest BCUT2D eigenvalue weighted by atomic mass is 32.2. The van der Waals surface area contributed by atoms with Crippen LogP contribution in [-0.2, 0) is 10.6 Å². The largest absolute Gasteiger partial charge is 0.333 e. The predicted molar refractivity (Wildman–Crippen MR) is 91.2 cm³/mol. The first-order valence-corrected chi connectivity index (χ1v) is 8.14. The number of para-hydroxylation sites is 2. The van der Waals surface area contributed by atoms with Gasteiger partial charge in [-0.05, 0) is 29.8 Å². The van der Waals surface area contributed by atoms with Crippen LogP contribution in [0.1, 0.15) is 15.9 Å². The normalized spacial score (nSPS) is 10.9. The summed E-state index contributed by atoms with van der Waals surface area (Å²) in [5, 5.41) is 2.10. The fourth-order valence-electron chi connectivity index (χ4n) is 2.16. The summed E-state index contributed by atoms with van der Waals surface area (Å²) in [5.41, 5.74) is 3.75. The average molecular weight is 327 g/mol. The summed E-state index contributed by atoms with van der Waals surface area (Å²) in [6, 6.07) is 15.5. The summed E-state index contributed by atoms with van der Waals surface area (Å²) in [5.74, 6) is 0.623. The standard InChI is InChI=1S/C17H17N3O2S/c1-20(22-2)16(21)13-9-7-12(8-10-13)11-23-17-18-14-5-3-4-6-15(14)19-17/h3-10H,11H2,1-2H3,(H,18,19). The molecule has 0 saturated heterocycles. The van der Waals surface area contributed by atoms with Gasteiger partial charge in [-0.25, -0.2) is 10.0 Å². The molecule has 118 valence electrons. The van der Waals surface area contributed by atoms with Gasteiger partial charge in [0.05, 0.1) is 18.1 Å². The maximum atomic E-state index is 11.9. The van der Waals surface area contributed by atoms with E-state index in [0.29, 0.717) is 5.56 Å². The van der Waals surface area contributed by atoms with E-state index in [2.05, 4.69) is 9.97 Å². The van der Waals surface area contributed by atoms with Crippen LogP contribution in [0.15, 0.2) is 53.7 Å². The third-order valence-electron chi connectivity index (χ3n) is 3.50. The number of carbonyl (C=O) groups is 1. The van der Waals surface area contributed by atoms with Crippen molar-refractivity contribution < 1.29 is 9.63 Å². The lowest BCUT2D eigenvalue weighted by molar-refractivity contribution is -0.0756. The Hall–Kier alpha value is -2.31. The van der Waals surface area contributed by atoms with Crippen LogP contribution in [0.25, 0.3) is 11.0 Å². The molecule has 0 aliphatic carbocycles.